The molecule has 1 aliphatic rings. The lowest BCUT2D eigenvalue weighted by Gasteiger charge is -2.25. The van der Waals surface area contributed by atoms with Crippen LogP contribution in [0, 0.1) is 6.92 Å². The van der Waals surface area contributed by atoms with Gasteiger partial charge in [-0.25, -0.2) is 0 Å². The van der Waals surface area contributed by atoms with Gasteiger partial charge in [0.2, 0.25) is 0 Å². The lowest BCUT2D eigenvalue weighted by Crippen LogP contribution is -2.23. The Morgan fingerprint density at radius 1 is 1.33 bits per heavy atom. The molecule has 1 aliphatic carbocycles. The molecule has 4 heteroatoms. The highest BCUT2D eigenvalue weighted by molar-refractivity contribution is 7.86. The Balaban J connectivity index is 2.12. The van der Waals surface area contributed by atoms with Crippen molar-refractivity contribution >= 4 is 10.1 Å². The lowest BCUT2D eigenvalue weighted by atomic mass is 9.88. The number of aryl methyl sites for hydroxylation is 1. The van der Waals surface area contributed by atoms with Crippen LogP contribution in [-0.4, -0.2) is 14.5 Å². The van der Waals surface area contributed by atoms with Crippen molar-refractivity contribution in [2.24, 2.45) is 0 Å². The number of benzene rings is 1. The van der Waals surface area contributed by atoms with Crippen LogP contribution in [0.1, 0.15) is 45.1 Å². The fourth-order valence-electron chi connectivity index (χ4n) is 2.56. The van der Waals surface area contributed by atoms with Crippen LogP contribution in [0.2, 0.25) is 0 Å². The van der Waals surface area contributed by atoms with E-state index in [-0.39, 0.29) is 11.0 Å². The Hall–Kier alpha value is -1.65. The van der Waals surface area contributed by atoms with Gasteiger partial charge in [-0.15, -0.1) is 0 Å². The van der Waals surface area contributed by atoms with Crippen LogP contribution in [0.5, 0.6) is 0 Å². The van der Waals surface area contributed by atoms with Crippen molar-refractivity contribution in [2.45, 2.75) is 57.5 Å². The predicted molar refractivity (Wildman–Crippen MR) is 98.4 cm³/mol. The summed E-state index contributed by atoms with van der Waals surface area (Å²) in [5.74, 6) is 0. The van der Waals surface area contributed by atoms with E-state index in [1.807, 2.05) is 6.92 Å². The second kappa shape index (κ2) is 7.95. The van der Waals surface area contributed by atoms with Gasteiger partial charge in [-0.2, -0.15) is 8.42 Å². The Kier molecular flexibility index (Phi) is 6.19. The SMILES string of the molecule is C=C1CCC(OS(=O)(=O)c2ccc(C)cc2)C/C1=C/C=C(/C)CC. The molecule has 2 rings (SSSR count). The monoisotopic (exact) mass is 346 g/mol. The minimum absolute atomic E-state index is 0.213. The minimum atomic E-state index is -3.73. The zero-order chi connectivity index (χ0) is 17.7. The molecule has 0 N–H and O–H groups in total. The van der Waals surface area contributed by atoms with Gasteiger partial charge in [0.1, 0.15) is 0 Å². The molecule has 1 fully saturated rings. The zero-order valence-electron chi connectivity index (χ0n) is 14.7. The number of hydrogen-bond acceptors (Lipinski definition) is 3. The number of rotatable bonds is 5. The third kappa shape index (κ3) is 4.92. The fourth-order valence-corrected chi connectivity index (χ4v) is 3.66. The predicted octanol–water partition coefficient (Wildman–Crippen LogP) is 5.09. The van der Waals surface area contributed by atoms with Gasteiger partial charge < -0.3 is 0 Å². The van der Waals surface area contributed by atoms with Crippen LogP contribution in [0.25, 0.3) is 0 Å². The summed E-state index contributed by atoms with van der Waals surface area (Å²) in [6.45, 7) is 10.2. The van der Waals surface area contributed by atoms with E-state index in [9.17, 15) is 8.42 Å². The highest BCUT2D eigenvalue weighted by atomic mass is 32.2. The maximum Gasteiger partial charge on any atom is 0.297 e. The smallest absolute Gasteiger partial charge is 0.263 e. The van der Waals surface area contributed by atoms with E-state index in [4.69, 9.17) is 4.18 Å². The van der Waals surface area contributed by atoms with Crippen molar-refractivity contribution in [2.75, 3.05) is 0 Å². The lowest BCUT2D eigenvalue weighted by molar-refractivity contribution is 0.192. The quantitative estimate of drug-likeness (QED) is 0.697. The average molecular weight is 346 g/mol. The molecule has 0 amide bonds. The topological polar surface area (TPSA) is 43.4 Å². The van der Waals surface area contributed by atoms with Crippen LogP contribution in [0.3, 0.4) is 0 Å². The Morgan fingerprint density at radius 3 is 2.62 bits per heavy atom. The van der Waals surface area contributed by atoms with E-state index < -0.39 is 10.1 Å². The largest absolute Gasteiger partial charge is 0.297 e. The van der Waals surface area contributed by atoms with Crippen molar-refractivity contribution in [3.8, 4) is 0 Å². The Bertz CT molecular complexity index is 753. The fraction of sp³-hybridized carbons (Fsp3) is 0.400. The first-order chi connectivity index (χ1) is 11.3. The van der Waals surface area contributed by atoms with Crippen LogP contribution in [0.15, 0.2) is 64.6 Å². The molecule has 0 aromatic heterocycles. The first-order valence-electron chi connectivity index (χ1n) is 8.36. The molecular formula is C20H26O3S. The summed E-state index contributed by atoms with van der Waals surface area (Å²) in [6.07, 6.45) is 6.82. The Morgan fingerprint density at radius 2 is 2.00 bits per heavy atom. The van der Waals surface area contributed by atoms with Crippen LogP contribution in [0.4, 0.5) is 0 Å². The summed E-state index contributed by atoms with van der Waals surface area (Å²) in [6, 6.07) is 6.75. The molecule has 1 aromatic carbocycles. The van der Waals surface area contributed by atoms with E-state index in [1.165, 1.54) is 5.57 Å². The van der Waals surface area contributed by atoms with Crippen molar-refractivity contribution in [1.29, 1.82) is 0 Å². The highest BCUT2D eigenvalue weighted by Crippen LogP contribution is 2.31. The van der Waals surface area contributed by atoms with Gasteiger partial charge in [-0.05, 0) is 50.8 Å². The van der Waals surface area contributed by atoms with E-state index in [0.717, 1.165) is 29.6 Å². The van der Waals surface area contributed by atoms with Gasteiger partial charge in [0.15, 0.2) is 0 Å². The maximum atomic E-state index is 12.4. The summed E-state index contributed by atoms with van der Waals surface area (Å²) in [5.41, 5.74) is 4.46. The number of hydrogen-bond donors (Lipinski definition) is 0. The molecule has 0 radical (unpaired) electrons. The molecule has 0 bridgehead atoms. The molecule has 0 aliphatic heterocycles. The minimum Gasteiger partial charge on any atom is -0.263 e. The van der Waals surface area contributed by atoms with Gasteiger partial charge in [-0.1, -0.05) is 54.5 Å². The normalized spacial score (nSPS) is 21.3. The Labute approximate surface area is 145 Å². The van der Waals surface area contributed by atoms with Crippen LogP contribution < -0.4 is 0 Å². The van der Waals surface area contributed by atoms with E-state index >= 15 is 0 Å². The summed E-state index contributed by atoms with van der Waals surface area (Å²) >= 11 is 0. The van der Waals surface area contributed by atoms with Gasteiger partial charge in [-0.3, -0.25) is 4.18 Å². The molecule has 0 spiro atoms. The van der Waals surface area contributed by atoms with Gasteiger partial charge >= 0.3 is 0 Å². The number of allylic oxidation sites excluding steroid dienone is 4. The molecule has 1 aromatic rings. The van der Waals surface area contributed by atoms with Gasteiger partial charge in [0.05, 0.1) is 11.0 Å². The van der Waals surface area contributed by atoms with Gasteiger partial charge in [0, 0.05) is 6.42 Å². The molecule has 1 saturated carbocycles. The summed E-state index contributed by atoms with van der Waals surface area (Å²) in [7, 11) is -3.73. The van der Waals surface area contributed by atoms with Crippen molar-refractivity contribution in [3.63, 3.8) is 0 Å². The molecule has 3 nitrogen and oxygen atoms in total. The molecule has 24 heavy (non-hydrogen) atoms. The van der Waals surface area contributed by atoms with Crippen LogP contribution >= 0.6 is 0 Å². The summed E-state index contributed by atoms with van der Waals surface area (Å²) < 4.78 is 30.4. The molecular weight excluding hydrogens is 320 g/mol. The highest BCUT2D eigenvalue weighted by Gasteiger charge is 2.26. The first-order valence-corrected chi connectivity index (χ1v) is 9.77. The third-order valence-electron chi connectivity index (χ3n) is 4.37. The molecule has 1 unspecified atom stereocenters. The average Bonchev–Trinajstić information content (AvgIpc) is 2.55. The van der Waals surface area contributed by atoms with E-state index in [2.05, 4.69) is 32.6 Å². The maximum absolute atomic E-state index is 12.4. The van der Waals surface area contributed by atoms with E-state index in [1.54, 1.807) is 24.3 Å². The molecule has 130 valence electrons. The van der Waals surface area contributed by atoms with Crippen molar-refractivity contribution in [1.82, 2.24) is 0 Å². The molecule has 0 heterocycles. The summed E-state index contributed by atoms with van der Waals surface area (Å²) in [4.78, 5) is 0.213. The van der Waals surface area contributed by atoms with Crippen molar-refractivity contribution < 1.29 is 12.6 Å². The van der Waals surface area contributed by atoms with Crippen LogP contribution in [-0.2, 0) is 14.3 Å². The first kappa shape index (κ1) is 18.7. The molecule has 0 saturated heterocycles. The van der Waals surface area contributed by atoms with Crippen molar-refractivity contribution in [3.05, 3.63) is 65.3 Å². The zero-order valence-corrected chi connectivity index (χ0v) is 15.5. The van der Waals surface area contributed by atoms with E-state index in [0.29, 0.717) is 12.8 Å². The molecule has 1 atom stereocenters. The third-order valence-corrected chi connectivity index (χ3v) is 5.74. The van der Waals surface area contributed by atoms with Gasteiger partial charge in [0.25, 0.3) is 10.1 Å². The second-order valence-corrected chi connectivity index (χ2v) is 7.96. The second-order valence-electron chi connectivity index (χ2n) is 6.39. The standard InChI is InChI=1S/C20H26O3S/c1-5-15(2)6-10-18-14-19(11-9-17(18)4)23-24(21,22)20-12-7-16(3)8-13-20/h6-8,10,12-13,19H,4-5,9,11,14H2,1-3H3/b15-6-,18-10-. The summed E-state index contributed by atoms with van der Waals surface area (Å²) in [5, 5.41) is 0.